The summed E-state index contributed by atoms with van der Waals surface area (Å²) < 4.78 is 13.2. The van der Waals surface area contributed by atoms with Gasteiger partial charge in [-0.2, -0.15) is 5.10 Å². The van der Waals surface area contributed by atoms with Crippen LogP contribution in [0.25, 0.3) is 0 Å². The highest BCUT2D eigenvalue weighted by atomic mass is 16.5. The number of hydrogen-bond donors (Lipinski definition) is 1. The van der Waals surface area contributed by atoms with Gasteiger partial charge in [-0.15, -0.1) is 0 Å². The van der Waals surface area contributed by atoms with Gasteiger partial charge in [0, 0.05) is 31.4 Å². The van der Waals surface area contributed by atoms with Gasteiger partial charge in [0.1, 0.15) is 11.5 Å². The maximum absolute atomic E-state index is 13.5. The van der Waals surface area contributed by atoms with Gasteiger partial charge in [0.05, 0.1) is 24.8 Å². The van der Waals surface area contributed by atoms with Crippen LogP contribution in [-0.2, 0) is 17.8 Å². The number of hydrogen-bond acceptors (Lipinski definition) is 6. The van der Waals surface area contributed by atoms with Crippen LogP contribution < -0.4 is 10.1 Å². The Morgan fingerprint density at radius 2 is 1.92 bits per heavy atom. The van der Waals surface area contributed by atoms with E-state index >= 15 is 0 Å². The molecule has 0 atom stereocenters. The second-order valence-electron chi connectivity index (χ2n) is 10.6. The van der Waals surface area contributed by atoms with Crippen LogP contribution in [0, 0.1) is 19.3 Å². The lowest BCUT2D eigenvalue weighted by atomic mass is 9.73. The molecule has 2 aromatic heterocycles. The fourth-order valence-corrected chi connectivity index (χ4v) is 5.61. The Morgan fingerprint density at radius 3 is 2.71 bits per heavy atom. The number of rotatable bonds is 3. The summed E-state index contributed by atoms with van der Waals surface area (Å²) in [4.78, 5) is 28.7. The molecule has 1 fully saturated rings. The molecule has 202 valence electrons. The number of likely N-dealkylation sites (tertiary alicyclic amines) is 1. The van der Waals surface area contributed by atoms with Crippen LogP contribution in [0.15, 0.2) is 41.2 Å². The number of aryl methyl sites for hydroxylation is 3. The second kappa shape index (κ2) is 11.4. The quantitative estimate of drug-likeness (QED) is 0.560. The van der Waals surface area contributed by atoms with E-state index in [1.807, 2.05) is 37.1 Å². The minimum atomic E-state index is -0.458. The summed E-state index contributed by atoms with van der Waals surface area (Å²) in [5.41, 5.74) is 2.91. The molecule has 5 rings (SSSR count). The molecule has 1 spiro atoms. The number of amides is 2. The molecule has 1 N–H and O–H groups in total. The summed E-state index contributed by atoms with van der Waals surface area (Å²) >= 11 is 0. The number of nitrogens with one attached hydrogen (secondary N) is 1. The third-order valence-corrected chi connectivity index (χ3v) is 7.95. The van der Waals surface area contributed by atoms with Crippen molar-refractivity contribution in [1.82, 2.24) is 25.2 Å². The van der Waals surface area contributed by atoms with E-state index in [-0.39, 0.29) is 11.8 Å². The Kier molecular flexibility index (Phi) is 7.81. The fourth-order valence-electron chi connectivity index (χ4n) is 5.61. The zero-order chi connectivity index (χ0) is 26.5. The summed E-state index contributed by atoms with van der Waals surface area (Å²) in [5, 5.41) is 11.6. The van der Waals surface area contributed by atoms with Crippen molar-refractivity contribution >= 4 is 11.8 Å². The molecular weight excluding hydrogens is 482 g/mol. The number of carbonyl (C=O) groups is 2. The van der Waals surface area contributed by atoms with Gasteiger partial charge in [0.15, 0.2) is 5.69 Å². The topological polar surface area (TPSA) is 102 Å². The molecule has 9 nitrogen and oxygen atoms in total. The number of aromatic nitrogens is 3. The highest BCUT2D eigenvalue weighted by Gasteiger charge is 2.42. The maximum atomic E-state index is 13.5. The first kappa shape index (κ1) is 26.0. The van der Waals surface area contributed by atoms with E-state index in [1.165, 1.54) is 5.56 Å². The molecule has 0 bridgehead atoms. The van der Waals surface area contributed by atoms with Gasteiger partial charge in [-0.1, -0.05) is 29.8 Å². The van der Waals surface area contributed by atoms with Gasteiger partial charge in [0.25, 0.3) is 5.91 Å². The first-order valence-corrected chi connectivity index (χ1v) is 13.7. The number of benzene rings is 1. The number of carbonyl (C=O) groups excluding carboxylic acids is 2. The van der Waals surface area contributed by atoms with Crippen molar-refractivity contribution < 1.29 is 18.8 Å². The second-order valence-corrected chi connectivity index (χ2v) is 10.6. The lowest BCUT2D eigenvalue weighted by molar-refractivity contribution is -0.134. The first-order chi connectivity index (χ1) is 18.4. The molecule has 4 heterocycles. The van der Waals surface area contributed by atoms with Crippen LogP contribution in [0.5, 0.6) is 5.75 Å². The Balaban J connectivity index is 1.25. The molecule has 1 saturated heterocycles. The third kappa shape index (κ3) is 5.61. The van der Waals surface area contributed by atoms with Gasteiger partial charge in [-0.3, -0.25) is 14.3 Å². The van der Waals surface area contributed by atoms with E-state index in [1.54, 1.807) is 10.9 Å². The van der Waals surface area contributed by atoms with E-state index in [4.69, 9.17) is 9.26 Å². The maximum Gasteiger partial charge on any atom is 0.276 e. The fraction of sp³-hybridized carbons (Fsp3) is 0.517. The van der Waals surface area contributed by atoms with Crippen LogP contribution in [0.4, 0.5) is 0 Å². The minimum absolute atomic E-state index is 0.105. The lowest BCUT2D eigenvalue weighted by Crippen LogP contribution is -2.50. The Bertz CT molecular complexity index is 1270. The SMILES string of the molecule is Cc1cnn(Cc2c(C(=O)N3CCC4(CCCCc5ccccc5OCCCNC4=O)CC3)noc2C)c1. The molecule has 38 heavy (non-hydrogen) atoms. The van der Waals surface area contributed by atoms with Crippen LogP contribution in [0.3, 0.4) is 0 Å². The van der Waals surface area contributed by atoms with Crippen molar-refractivity contribution in [3.8, 4) is 5.75 Å². The van der Waals surface area contributed by atoms with Crippen molar-refractivity contribution in [2.75, 3.05) is 26.2 Å². The van der Waals surface area contributed by atoms with Gasteiger partial charge in [-0.25, -0.2) is 0 Å². The van der Waals surface area contributed by atoms with Crippen molar-refractivity contribution in [3.63, 3.8) is 0 Å². The average molecular weight is 520 g/mol. The van der Waals surface area contributed by atoms with Crippen LogP contribution in [0.1, 0.15) is 71.5 Å². The van der Waals surface area contributed by atoms with Crippen molar-refractivity contribution in [2.45, 2.75) is 65.3 Å². The number of ether oxygens (including phenoxy) is 1. The largest absolute Gasteiger partial charge is 0.493 e. The Morgan fingerprint density at radius 1 is 1.11 bits per heavy atom. The van der Waals surface area contributed by atoms with Gasteiger partial charge < -0.3 is 19.5 Å². The average Bonchev–Trinajstić information content (AvgIpc) is 3.51. The predicted molar refractivity (Wildman–Crippen MR) is 142 cm³/mol. The van der Waals surface area contributed by atoms with Gasteiger partial charge >= 0.3 is 0 Å². The first-order valence-electron chi connectivity index (χ1n) is 13.7. The standard InChI is InChI=1S/C29H37N5O4/c1-21-18-31-34(19-21)20-24-22(2)38-32-26(24)27(35)33-15-12-29(13-16-33)11-6-5-9-23-8-3-4-10-25(23)37-17-7-14-30-28(29)36/h3-4,8,10,18-19H,5-7,9,11-17,20H2,1-2H3,(H,30,36). The molecule has 0 saturated carbocycles. The molecular formula is C29H37N5O4. The van der Waals surface area contributed by atoms with Crippen LogP contribution in [-0.4, -0.2) is 57.9 Å². The van der Waals surface area contributed by atoms with E-state index in [0.717, 1.165) is 49.0 Å². The Hall–Kier alpha value is -3.62. The molecule has 0 radical (unpaired) electrons. The minimum Gasteiger partial charge on any atom is -0.493 e. The molecule has 9 heteroatoms. The normalized spacial score (nSPS) is 18.5. The number of para-hydroxylation sites is 1. The van der Waals surface area contributed by atoms with E-state index in [2.05, 4.69) is 27.7 Å². The van der Waals surface area contributed by atoms with Crippen LogP contribution >= 0.6 is 0 Å². The lowest BCUT2D eigenvalue weighted by Gasteiger charge is -2.40. The summed E-state index contributed by atoms with van der Waals surface area (Å²) in [7, 11) is 0. The molecule has 2 aliphatic rings. The van der Waals surface area contributed by atoms with Crippen molar-refractivity contribution in [1.29, 1.82) is 0 Å². The zero-order valence-electron chi connectivity index (χ0n) is 22.4. The molecule has 1 aromatic carbocycles. The summed E-state index contributed by atoms with van der Waals surface area (Å²) in [6.07, 6.45) is 9.45. The summed E-state index contributed by atoms with van der Waals surface area (Å²) in [6.45, 7) is 6.42. The summed E-state index contributed by atoms with van der Waals surface area (Å²) in [5.74, 6) is 1.53. The summed E-state index contributed by atoms with van der Waals surface area (Å²) in [6, 6.07) is 8.22. The van der Waals surface area contributed by atoms with Crippen LogP contribution in [0.2, 0.25) is 0 Å². The molecule has 2 amide bonds. The Labute approximate surface area is 223 Å². The van der Waals surface area contributed by atoms with E-state index in [9.17, 15) is 9.59 Å². The van der Waals surface area contributed by atoms with E-state index < -0.39 is 5.41 Å². The third-order valence-electron chi connectivity index (χ3n) is 7.95. The van der Waals surface area contributed by atoms with E-state index in [0.29, 0.717) is 57.1 Å². The number of nitrogens with zero attached hydrogens (tertiary/aromatic N) is 4. The highest BCUT2D eigenvalue weighted by Crippen LogP contribution is 2.38. The van der Waals surface area contributed by atoms with Crippen molar-refractivity contribution in [2.24, 2.45) is 5.41 Å². The zero-order valence-corrected chi connectivity index (χ0v) is 22.4. The van der Waals surface area contributed by atoms with Gasteiger partial charge in [0.2, 0.25) is 5.91 Å². The number of piperidine rings is 1. The molecule has 0 aliphatic carbocycles. The molecule has 2 aliphatic heterocycles. The predicted octanol–water partition coefficient (Wildman–Crippen LogP) is 4.07. The monoisotopic (exact) mass is 519 g/mol. The smallest absolute Gasteiger partial charge is 0.276 e. The van der Waals surface area contributed by atoms with Crippen molar-refractivity contribution in [3.05, 3.63) is 64.8 Å². The molecule has 0 unspecified atom stereocenters. The molecule has 3 aromatic rings. The highest BCUT2D eigenvalue weighted by molar-refractivity contribution is 5.94. The number of fused-ring (bicyclic) bond motifs is 1. The van der Waals surface area contributed by atoms with Gasteiger partial charge in [-0.05, 0) is 69.6 Å².